The summed E-state index contributed by atoms with van der Waals surface area (Å²) < 4.78 is 5.45. The molecule has 3 aromatic rings. The Morgan fingerprint density at radius 3 is 2.19 bits per heavy atom. The molecule has 4 nitrogen and oxygen atoms in total. The highest BCUT2D eigenvalue weighted by molar-refractivity contribution is 5.98. The Balaban J connectivity index is 1.72. The first kappa shape index (κ1) is 17.4. The van der Waals surface area contributed by atoms with Gasteiger partial charge in [0.1, 0.15) is 6.10 Å². The van der Waals surface area contributed by atoms with E-state index in [0.717, 1.165) is 16.3 Å². The Morgan fingerprint density at radius 1 is 0.923 bits per heavy atom. The van der Waals surface area contributed by atoms with Crippen LogP contribution >= 0.6 is 0 Å². The van der Waals surface area contributed by atoms with Gasteiger partial charge in [-0.1, -0.05) is 48.5 Å². The molecule has 0 bridgehead atoms. The SMILES string of the molecule is CC(C=Cc1ccccc1)OC(=O)c1ccc2cc(C(=O)O)ccc2c1. The van der Waals surface area contributed by atoms with E-state index in [9.17, 15) is 9.59 Å². The summed E-state index contributed by atoms with van der Waals surface area (Å²) in [7, 11) is 0. The lowest BCUT2D eigenvalue weighted by atomic mass is 10.0. The Morgan fingerprint density at radius 2 is 1.54 bits per heavy atom. The number of carbonyl (C=O) groups excluding carboxylic acids is 1. The molecule has 26 heavy (non-hydrogen) atoms. The number of fused-ring (bicyclic) bond motifs is 1. The molecule has 3 aromatic carbocycles. The molecule has 0 aliphatic carbocycles. The van der Waals surface area contributed by atoms with Crippen molar-refractivity contribution in [2.75, 3.05) is 0 Å². The van der Waals surface area contributed by atoms with E-state index in [1.807, 2.05) is 42.5 Å². The quantitative estimate of drug-likeness (QED) is 0.674. The minimum atomic E-state index is -0.977. The van der Waals surface area contributed by atoms with E-state index in [1.165, 1.54) is 6.07 Å². The van der Waals surface area contributed by atoms with Gasteiger partial charge in [-0.2, -0.15) is 0 Å². The number of rotatable bonds is 5. The number of carboxylic acid groups (broad SMARTS) is 1. The second-order valence-electron chi connectivity index (χ2n) is 5.96. The van der Waals surface area contributed by atoms with Crippen LogP contribution in [0.15, 0.2) is 72.8 Å². The third kappa shape index (κ3) is 4.16. The summed E-state index contributed by atoms with van der Waals surface area (Å²) in [4.78, 5) is 23.4. The van der Waals surface area contributed by atoms with Crippen LogP contribution in [0.5, 0.6) is 0 Å². The monoisotopic (exact) mass is 346 g/mol. The molecule has 1 unspecified atom stereocenters. The van der Waals surface area contributed by atoms with Crippen molar-refractivity contribution in [1.82, 2.24) is 0 Å². The third-order valence-corrected chi connectivity index (χ3v) is 3.98. The van der Waals surface area contributed by atoms with Crippen molar-refractivity contribution in [2.24, 2.45) is 0 Å². The van der Waals surface area contributed by atoms with Crippen LogP contribution < -0.4 is 0 Å². The lowest BCUT2D eigenvalue weighted by molar-refractivity contribution is 0.0425. The summed E-state index contributed by atoms with van der Waals surface area (Å²) in [5.41, 5.74) is 1.68. The van der Waals surface area contributed by atoms with Gasteiger partial charge in [-0.3, -0.25) is 0 Å². The van der Waals surface area contributed by atoms with Crippen LogP contribution in [0, 0.1) is 0 Å². The van der Waals surface area contributed by atoms with Crippen LogP contribution in [-0.4, -0.2) is 23.1 Å². The Labute approximate surface area is 151 Å². The maximum atomic E-state index is 12.3. The Bertz CT molecular complexity index is 974. The summed E-state index contributed by atoms with van der Waals surface area (Å²) in [5.74, 6) is -1.39. The summed E-state index contributed by atoms with van der Waals surface area (Å²) >= 11 is 0. The molecule has 3 rings (SSSR count). The first-order valence-corrected chi connectivity index (χ1v) is 8.24. The number of hydrogen-bond donors (Lipinski definition) is 1. The molecule has 1 atom stereocenters. The third-order valence-electron chi connectivity index (χ3n) is 3.98. The topological polar surface area (TPSA) is 63.6 Å². The van der Waals surface area contributed by atoms with Crippen molar-refractivity contribution in [3.05, 3.63) is 89.5 Å². The van der Waals surface area contributed by atoms with Crippen LogP contribution in [0.1, 0.15) is 33.2 Å². The molecule has 0 saturated heterocycles. The van der Waals surface area contributed by atoms with Crippen molar-refractivity contribution in [2.45, 2.75) is 13.0 Å². The van der Waals surface area contributed by atoms with E-state index in [1.54, 1.807) is 37.3 Å². The molecular formula is C22H18O4. The maximum Gasteiger partial charge on any atom is 0.338 e. The van der Waals surface area contributed by atoms with Crippen molar-refractivity contribution in [1.29, 1.82) is 0 Å². The Kier molecular flexibility index (Phi) is 5.13. The highest BCUT2D eigenvalue weighted by Gasteiger charge is 2.11. The van der Waals surface area contributed by atoms with Gasteiger partial charge in [-0.05, 0) is 53.6 Å². The molecular weight excluding hydrogens is 328 g/mol. The van der Waals surface area contributed by atoms with Crippen molar-refractivity contribution in [3.8, 4) is 0 Å². The van der Waals surface area contributed by atoms with Crippen molar-refractivity contribution >= 4 is 28.8 Å². The number of benzene rings is 3. The molecule has 4 heteroatoms. The van der Waals surface area contributed by atoms with E-state index in [0.29, 0.717) is 5.56 Å². The fourth-order valence-corrected chi connectivity index (χ4v) is 2.59. The van der Waals surface area contributed by atoms with Gasteiger partial charge in [0.2, 0.25) is 0 Å². The van der Waals surface area contributed by atoms with E-state index in [4.69, 9.17) is 9.84 Å². The average Bonchev–Trinajstić information content (AvgIpc) is 2.66. The summed E-state index contributed by atoms with van der Waals surface area (Å²) in [5, 5.41) is 10.6. The number of esters is 1. The zero-order valence-corrected chi connectivity index (χ0v) is 14.3. The molecule has 130 valence electrons. The van der Waals surface area contributed by atoms with Crippen LogP contribution in [-0.2, 0) is 4.74 Å². The molecule has 0 aliphatic heterocycles. The van der Waals surface area contributed by atoms with Gasteiger partial charge >= 0.3 is 11.9 Å². The largest absolute Gasteiger partial charge is 0.478 e. The number of ether oxygens (including phenoxy) is 1. The number of aromatic carboxylic acids is 1. The Hall–Kier alpha value is -3.40. The molecule has 0 amide bonds. The van der Waals surface area contributed by atoms with Crippen molar-refractivity contribution < 1.29 is 19.4 Å². The number of carboxylic acids is 1. The molecule has 0 aliphatic rings. The fraction of sp³-hybridized carbons (Fsp3) is 0.0909. The van der Waals surface area contributed by atoms with Gasteiger partial charge in [0.05, 0.1) is 11.1 Å². The molecule has 0 fully saturated rings. The number of hydrogen-bond acceptors (Lipinski definition) is 3. The van der Waals surface area contributed by atoms with Crippen LogP contribution in [0.25, 0.3) is 16.8 Å². The zero-order valence-electron chi connectivity index (χ0n) is 14.3. The molecule has 0 aromatic heterocycles. The molecule has 0 heterocycles. The van der Waals surface area contributed by atoms with Crippen molar-refractivity contribution in [3.63, 3.8) is 0 Å². The second-order valence-corrected chi connectivity index (χ2v) is 5.96. The normalized spacial score (nSPS) is 12.2. The van der Waals surface area contributed by atoms with Crippen LogP contribution in [0.3, 0.4) is 0 Å². The van der Waals surface area contributed by atoms with E-state index in [-0.39, 0.29) is 11.7 Å². The molecule has 0 spiro atoms. The highest BCUT2D eigenvalue weighted by atomic mass is 16.5. The average molecular weight is 346 g/mol. The smallest absolute Gasteiger partial charge is 0.338 e. The summed E-state index contributed by atoms with van der Waals surface area (Å²) in [6.45, 7) is 1.80. The zero-order chi connectivity index (χ0) is 18.5. The molecule has 0 saturated carbocycles. The van der Waals surface area contributed by atoms with E-state index in [2.05, 4.69) is 0 Å². The molecule has 1 N–H and O–H groups in total. The summed E-state index contributed by atoms with van der Waals surface area (Å²) in [6, 6.07) is 19.6. The minimum absolute atomic E-state index is 0.215. The van der Waals surface area contributed by atoms with Gasteiger partial charge in [0, 0.05) is 0 Å². The van der Waals surface area contributed by atoms with Gasteiger partial charge in [-0.15, -0.1) is 0 Å². The minimum Gasteiger partial charge on any atom is -0.478 e. The van der Waals surface area contributed by atoms with E-state index < -0.39 is 11.9 Å². The van der Waals surface area contributed by atoms with Gasteiger partial charge in [-0.25, -0.2) is 9.59 Å². The fourth-order valence-electron chi connectivity index (χ4n) is 2.59. The van der Waals surface area contributed by atoms with Gasteiger partial charge in [0.25, 0.3) is 0 Å². The first-order chi connectivity index (χ1) is 12.5. The lowest BCUT2D eigenvalue weighted by Gasteiger charge is -2.10. The second kappa shape index (κ2) is 7.66. The van der Waals surface area contributed by atoms with Crippen LogP contribution in [0.2, 0.25) is 0 Å². The first-order valence-electron chi connectivity index (χ1n) is 8.24. The predicted molar refractivity (Wildman–Crippen MR) is 101 cm³/mol. The van der Waals surface area contributed by atoms with Gasteiger partial charge in [0.15, 0.2) is 0 Å². The molecule has 0 radical (unpaired) electrons. The standard InChI is InChI=1S/C22H18O4/c1-15(7-8-16-5-3-2-4-6-16)26-22(25)20-12-10-17-13-19(21(23)24)11-9-18(17)14-20/h2-15H,1H3,(H,23,24). The van der Waals surface area contributed by atoms with Gasteiger partial charge < -0.3 is 9.84 Å². The summed E-state index contributed by atoms with van der Waals surface area (Å²) in [6.07, 6.45) is 3.37. The highest BCUT2D eigenvalue weighted by Crippen LogP contribution is 2.19. The predicted octanol–water partition coefficient (Wildman–Crippen LogP) is 4.80. The maximum absolute atomic E-state index is 12.3. The number of carbonyl (C=O) groups is 2. The lowest BCUT2D eigenvalue weighted by Crippen LogP contribution is -2.12. The van der Waals surface area contributed by atoms with E-state index >= 15 is 0 Å². The van der Waals surface area contributed by atoms with Crippen LogP contribution in [0.4, 0.5) is 0 Å².